The molecule has 0 aliphatic carbocycles. The number of nitriles is 2. The Morgan fingerprint density at radius 1 is 0.604 bits per heavy atom. The van der Waals surface area contributed by atoms with Crippen LogP contribution in [0.3, 0.4) is 0 Å². The number of carbonyl (C=O) groups excluding carboxylic acids is 4. The largest absolute Gasteiger partial charge is 0.465 e. The smallest absolute Gasteiger partial charge is 0.386 e. The first-order chi connectivity index (χ1) is 24.8. The highest BCUT2D eigenvalue weighted by molar-refractivity contribution is 6.01. The van der Waals surface area contributed by atoms with Gasteiger partial charge < -0.3 is 34.4 Å². The quantitative estimate of drug-likeness (QED) is 0.0633. The molecule has 0 saturated carbocycles. The highest BCUT2D eigenvalue weighted by Crippen LogP contribution is 2.20. The summed E-state index contributed by atoms with van der Waals surface area (Å²) < 4.78 is 13.2. The van der Waals surface area contributed by atoms with E-state index in [2.05, 4.69) is 19.1 Å². The van der Waals surface area contributed by atoms with Gasteiger partial charge in [0.15, 0.2) is 5.78 Å². The SMILES string of the molecule is C.CC(=O)c1ccc(CO)cc1.COC(=O)/C(C#N)=C(/C)c1ccc(CO)cc1.COC(=O)/C(C#N)=C(\C)c1ccc(CO)cc1.[C-]#[N+]CC(=O)OC. The first kappa shape index (κ1) is 48.7. The molecule has 0 atom stereocenters. The minimum Gasteiger partial charge on any atom is -0.465 e. The van der Waals surface area contributed by atoms with Crippen molar-refractivity contribution in [2.45, 2.75) is 48.0 Å². The predicted molar refractivity (Wildman–Crippen MR) is 198 cm³/mol. The van der Waals surface area contributed by atoms with Gasteiger partial charge in [0.05, 0.1) is 41.2 Å². The summed E-state index contributed by atoms with van der Waals surface area (Å²) in [7, 11) is 3.73. The van der Waals surface area contributed by atoms with E-state index in [-0.39, 0.29) is 50.7 Å². The molecular formula is C40H45N3O10. The van der Waals surface area contributed by atoms with Crippen LogP contribution in [0.15, 0.2) is 83.9 Å². The second kappa shape index (κ2) is 27.3. The molecule has 0 aromatic heterocycles. The molecule has 13 nitrogen and oxygen atoms in total. The van der Waals surface area contributed by atoms with E-state index in [1.54, 1.807) is 86.6 Å². The van der Waals surface area contributed by atoms with Crippen molar-refractivity contribution in [1.82, 2.24) is 0 Å². The van der Waals surface area contributed by atoms with Gasteiger partial charge in [-0.3, -0.25) is 4.79 Å². The monoisotopic (exact) mass is 727 g/mol. The number of rotatable bonds is 9. The molecule has 0 fully saturated rings. The number of nitrogens with zero attached hydrogens (tertiary/aromatic N) is 3. The molecule has 0 aliphatic heterocycles. The molecule has 0 heterocycles. The van der Waals surface area contributed by atoms with Crippen LogP contribution in [0.25, 0.3) is 16.0 Å². The number of allylic oxidation sites excluding steroid dienone is 2. The zero-order valence-corrected chi connectivity index (χ0v) is 29.8. The van der Waals surface area contributed by atoms with E-state index in [9.17, 15) is 19.2 Å². The van der Waals surface area contributed by atoms with E-state index in [0.717, 1.165) is 27.8 Å². The highest BCUT2D eigenvalue weighted by Gasteiger charge is 2.15. The third-order valence-electron chi connectivity index (χ3n) is 6.87. The van der Waals surface area contributed by atoms with Crippen molar-refractivity contribution in [2.24, 2.45) is 0 Å². The lowest BCUT2D eigenvalue weighted by Gasteiger charge is -2.05. The molecule has 280 valence electrons. The predicted octanol–water partition coefficient (Wildman–Crippen LogP) is 5.39. The number of esters is 3. The maximum Gasteiger partial charge on any atom is 0.386 e. The summed E-state index contributed by atoms with van der Waals surface area (Å²) in [6.07, 6.45) is 0. The molecule has 0 amide bonds. The zero-order valence-electron chi connectivity index (χ0n) is 29.8. The van der Waals surface area contributed by atoms with E-state index < -0.39 is 17.9 Å². The van der Waals surface area contributed by atoms with Crippen molar-refractivity contribution in [3.8, 4) is 12.1 Å². The Morgan fingerprint density at radius 2 is 0.906 bits per heavy atom. The number of aliphatic hydroxyl groups excluding tert-OH is 3. The molecule has 53 heavy (non-hydrogen) atoms. The fourth-order valence-corrected chi connectivity index (χ4v) is 3.75. The summed E-state index contributed by atoms with van der Waals surface area (Å²) in [6.45, 7) is 10.8. The van der Waals surface area contributed by atoms with Gasteiger partial charge in [0, 0.05) is 5.56 Å². The lowest BCUT2D eigenvalue weighted by atomic mass is 10.0. The van der Waals surface area contributed by atoms with Crippen LogP contribution in [-0.2, 0) is 48.4 Å². The van der Waals surface area contributed by atoms with Crippen LogP contribution in [0.4, 0.5) is 0 Å². The van der Waals surface area contributed by atoms with Gasteiger partial charge in [-0.25, -0.2) is 21.0 Å². The fourth-order valence-electron chi connectivity index (χ4n) is 3.75. The van der Waals surface area contributed by atoms with E-state index in [0.29, 0.717) is 16.7 Å². The van der Waals surface area contributed by atoms with Crippen molar-refractivity contribution >= 4 is 34.8 Å². The normalized spacial score (nSPS) is 10.2. The third-order valence-corrected chi connectivity index (χ3v) is 6.87. The van der Waals surface area contributed by atoms with Gasteiger partial charge in [-0.1, -0.05) is 80.2 Å². The number of hydrogen-bond acceptors (Lipinski definition) is 12. The second-order valence-corrected chi connectivity index (χ2v) is 10.2. The molecule has 0 unspecified atom stereocenters. The lowest BCUT2D eigenvalue weighted by molar-refractivity contribution is -0.138. The third kappa shape index (κ3) is 17.4. The number of methoxy groups -OCH3 is 3. The minimum atomic E-state index is -0.642. The Balaban J connectivity index is 0. The molecule has 0 saturated heterocycles. The van der Waals surface area contributed by atoms with E-state index in [1.807, 2.05) is 12.1 Å². The Hall–Kier alpha value is -6.43. The maximum absolute atomic E-state index is 11.3. The average Bonchev–Trinajstić information content (AvgIpc) is 3.18. The molecule has 3 N–H and O–H groups in total. The first-order valence-corrected chi connectivity index (χ1v) is 15.2. The van der Waals surface area contributed by atoms with Crippen molar-refractivity contribution in [2.75, 3.05) is 27.9 Å². The molecule has 0 bridgehead atoms. The van der Waals surface area contributed by atoms with Gasteiger partial charge in [-0.2, -0.15) is 10.5 Å². The summed E-state index contributed by atoms with van der Waals surface area (Å²) in [6, 6.07) is 24.6. The maximum atomic E-state index is 11.3. The Bertz CT molecular complexity index is 1730. The van der Waals surface area contributed by atoms with Crippen molar-refractivity contribution in [3.05, 3.63) is 129 Å². The zero-order chi connectivity index (χ0) is 39.6. The summed E-state index contributed by atoms with van der Waals surface area (Å²) in [5.74, 6) is -1.71. The molecule has 13 heteroatoms. The van der Waals surface area contributed by atoms with Gasteiger partial charge in [-0.05, 0) is 59.7 Å². The molecule has 3 aromatic carbocycles. The van der Waals surface area contributed by atoms with Gasteiger partial charge in [0.1, 0.15) is 23.3 Å². The topological polar surface area (TPSA) is 209 Å². The van der Waals surface area contributed by atoms with Crippen LogP contribution in [-0.4, -0.2) is 66.9 Å². The number of aliphatic hydroxyl groups is 3. The van der Waals surface area contributed by atoms with E-state index in [4.69, 9.17) is 32.4 Å². The second-order valence-electron chi connectivity index (χ2n) is 10.2. The Labute approximate surface area is 310 Å². The van der Waals surface area contributed by atoms with Crippen LogP contribution in [0, 0.1) is 29.2 Å². The Kier molecular flexibility index (Phi) is 25.1. The number of ketones is 1. The molecule has 3 aromatic rings. The first-order valence-electron chi connectivity index (χ1n) is 15.2. The van der Waals surface area contributed by atoms with Crippen LogP contribution < -0.4 is 0 Å². The van der Waals surface area contributed by atoms with Gasteiger partial charge in [0.2, 0.25) is 0 Å². The summed E-state index contributed by atoms with van der Waals surface area (Å²) in [5.41, 5.74) is 5.67. The van der Waals surface area contributed by atoms with Crippen molar-refractivity contribution in [3.63, 3.8) is 0 Å². The van der Waals surface area contributed by atoms with E-state index >= 15 is 0 Å². The van der Waals surface area contributed by atoms with Gasteiger partial charge >= 0.3 is 24.5 Å². The van der Waals surface area contributed by atoms with E-state index in [1.165, 1.54) is 28.3 Å². The Morgan fingerprint density at radius 3 is 1.09 bits per heavy atom. The number of hydrogen-bond donors (Lipinski definition) is 3. The fraction of sp³-hybridized carbons (Fsp3) is 0.275. The standard InChI is InChI=1S/2C13H13NO3.C9H10O2.C4H5NO2.CH4/c2*1-9(12(7-14)13(16)17-2)11-5-3-10(8-15)4-6-11;1-7(11)9-4-2-8(6-10)3-5-9;1-5-3-4(6)7-2;/h2*3-6,15H,8H2,1-2H3;2-5,10H,6H2,1H3;3H2,2H3;1H4/b12-9+;12-9-;;;. The van der Waals surface area contributed by atoms with Gasteiger partial charge in [0.25, 0.3) is 0 Å². The molecule has 3 rings (SSSR count). The average molecular weight is 728 g/mol. The number of ether oxygens (including phenoxy) is 3. The van der Waals surface area contributed by atoms with Crippen LogP contribution in [0.5, 0.6) is 0 Å². The molecule has 0 aliphatic rings. The molecule has 0 spiro atoms. The minimum absolute atomic E-state index is 0. The number of Topliss-reactive ketones (excluding diaryl/α,β-unsaturated/α-hetero) is 1. The van der Waals surface area contributed by atoms with Crippen LogP contribution in [0.2, 0.25) is 0 Å². The highest BCUT2D eigenvalue weighted by atomic mass is 16.5. The van der Waals surface area contributed by atoms with Crippen molar-refractivity contribution < 1.29 is 48.7 Å². The molecular weight excluding hydrogens is 682 g/mol. The number of carbonyl (C=O) groups is 4. The summed E-state index contributed by atoms with van der Waals surface area (Å²) in [5, 5.41) is 44.3. The van der Waals surface area contributed by atoms with Crippen molar-refractivity contribution in [1.29, 1.82) is 10.5 Å². The lowest BCUT2D eigenvalue weighted by Crippen LogP contribution is -2.05. The summed E-state index contributed by atoms with van der Waals surface area (Å²) >= 11 is 0. The number of benzene rings is 3. The van der Waals surface area contributed by atoms with Crippen LogP contribution in [0.1, 0.15) is 66.4 Å². The van der Waals surface area contributed by atoms with Crippen LogP contribution >= 0.6 is 0 Å². The van der Waals surface area contributed by atoms with Gasteiger partial charge in [-0.15, -0.1) is 0 Å². The molecule has 0 radical (unpaired) electrons. The summed E-state index contributed by atoms with van der Waals surface area (Å²) in [4.78, 5) is 46.2.